The molecule has 4 N–H and O–H groups in total. The third-order valence-corrected chi connectivity index (χ3v) is 2.32. The first-order valence-electron chi connectivity index (χ1n) is 5.98. The number of likely N-dealkylation sites (N-methyl/N-ethyl adjacent to an activating group) is 1. The lowest BCUT2D eigenvalue weighted by atomic mass is 10.3. The van der Waals surface area contributed by atoms with Crippen LogP contribution in [0.25, 0.3) is 0 Å². The highest BCUT2D eigenvalue weighted by Crippen LogP contribution is 2.15. The Balaban J connectivity index is 2.55. The SMILES string of the molecule is CN(C)CCOc1ccc(N/N=C(\C#N)C(=N)N)cc1. The Bertz CT molecular complexity index is 515. The van der Waals surface area contributed by atoms with E-state index in [2.05, 4.69) is 10.5 Å². The van der Waals surface area contributed by atoms with Gasteiger partial charge in [-0.3, -0.25) is 10.8 Å². The molecular weight excluding hydrogens is 256 g/mol. The molecule has 20 heavy (non-hydrogen) atoms. The normalized spacial score (nSPS) is 11.0. The summed E-state index contributed by atoms with van der Waals surface area (Å²) in [6.07, 6.45) is 0. The highest BCUT2D eigenvalue weighted by atomic mass is 16.5. The van der Waals surface area contributed by atoms with Gasteiger partial charge in [-0.2, -0.15) is 10.4 Å². The van der Waals surface area contributed by atoms with E-state index in [0.717, 1.165) is 12.3 Å². The van der Waals surface area contributed by atoms with Crippen molar-refractivity contribution in [1.29, 1.82) is 10.7 Å². The Kier molecular flexibility index (Phi) is 6.00. The molecule has 0 aromatic heterocycles. The van der Waals surface area contributed by atoms with Crippen molar-refractivity contribution >= 4 is 17.2 Å². The van der Waals surface area contributed by atoms with Gasteiger partial charge in [-0.15, -0.1) is 0 Å². The molecular formula is C13H18N6O. The molecule has 0 bridgehead atoms. The zero-order chi connectivity index (χ0) is 15.0. The second-order valence-electron chi connectivity index (χ2n) is 4.27. The Morgan fingerprint density at radius 3 is 2.60 bits per heavy atom. The molecule has 0 spiro atoms. The van der Waals surface area contributed by atoms with Gasteiger partial charge in [-0.25, -0.2) is 0 Å². The number of anilines is 1. The smallest absolute Gasteiger partial charge is 0.201 e. The minimum atomic E-state index is -0.372. The molecule has 0 radical (unpaired) electrons. The number of nitrogens with two attached hydrogens (primary N) is 1. The predicted octanol–water partition coefficient (Wildman–Crippen LogP) is 0.854. The van der Waals surface area contributed by atoms with Crippen LogP contribution in [0.5, 0.6) is 5.75 Å². The topological polar surface area (TPSA) is 111 Å². The molecule has 0 aliphatic rings. The lowest BCUT2D eigenvalue weighted by Gasteiger charge is -2.11. The Labute approximate surface area is 118 Å². The number of benzene rings is 1. The van der Waals surface area contributed by atoms with Crippen LogP contribution in [0.3, 0.4) is 0 Å². The maximum atomic E-state index is 8.69. The fraction of sp³-hybridized carbons (Fsp3) is 0.308. The van der Waals surface area contributed by atoms with E-state index in [1.54, 1.807) is 30.3 Å². The molecule has 0 fully saturated rings. The quantitative estimate of drug-likeness (QED) is 0.388. The van der Waals surface area contributed by atoms with Crippen LogP contribution in [0.2, 0.25) is 0 Å². The third kappa shape index (κ3) is 5.37. The van der Waals surface area contributed by atoms with Gasteiger partial charge < -0.3 is 15.4 Å². The lowest BCUT2D eigenvalue weighted by Crippen LogP contribution is -2.21. The van der Waals surface area contributed by atoms with Crippen molar-refractivity contribution in [3.05, 3.63) is 24.3 Å². The van der Waals surface area contributed by atoms with Crippen molar-refractivity contribution in [3.8, 4) is 11.8 Å². The highest BCUT2D eigenvalue weighted by molar-refractivity contribution is 6.45. The van der Waals surface area contributed by atoms with E-state index in [-0.39, 0.29) is 11.5 Å². The monoisotopic (exact) mass is 274 g/mol. The standard InChI is InChI=1S/C13H18N6O/c1-19(2)7-8-20-11-5-3-10(4-6-11)17-18-12(9-14)13(15)16/h3-6,17H,7-8H2,1-2H3,(H3,15,16)/b18-12+. The average Bonchev–Trinajstić information content (AvgIpc) is 2.40. The summed E-state index contributed by atoms with van der Waals surface area (Å²) in [7, 11) is 3.96. The number of nitrogens with one attached hydrogen (secondary N) is 2. The number of hydrazone groups is 1. The van der Waals surface area contributed by atoms with Crippen LogP contribution < -0.4 is 15.9 Å². The predicted molar refractivity (Wildman–Crippen MR) is 79.1 cm³/mol. The highest BCUT2D eigenvalue weighted by Gasteiger charge is 2.01. The summed E-state index contributed by atoms with van der Waals surface area (Å²) in [6, 6.07) is 8.86. The lowest BCUT2D eigenvalue weighted by molar-refractivity contribution is 0.261. The number of ether oxygens (including phenoxy) is 1. The summed E-state index contributed by atoms with van der Waals surface area (Å²) < 4.78 is 5.55. The minimum absolute atomic E-state index is 0.156. The van der Waals surface area contributed by atoms with E-state index in [9.17, 15) is 0 Å². The first-order chi connectivity index (χ1) is 9.52. The van der Waals surface area contributed by atoms with Crippen LogP contribution in [0.15, 0.2) is 29.4 Å². The molecule has 0 atom stereocenters. The number of amidine groups is 1. The number of nitriles is 1. The van der Waals surface area contributed by atoms with Crippen LogP contribution in [-0.4, -0.2) is 43.7 Å². The summed E-state index contributed by atoms with van der Waals surface area (Å²) in [4.78, 5) is 2.04. The fourth-order valence-corrected chi connectivity index (χ4v) is 1.24. The van der Waals surface area contributed by atoms with Gasteiger partial charge >= 0.3 is 0 Å². The molecule has 0 unspecified atom stereocenters. The Morgan fingerprint density at radius 2 is 2.10 bits per heavy atom. The van der Waals surface area contributed by atoms with Gasteiger partial charge in [-0.05, 0) is 38.4 Å². The second-order valence-corrected chi connectivity index (χ2v) is 4.27. The van der Waals surface area contributed by atoms with Gasteiger partial charge in [0, 0.05) is 6.54 Å². The number of nitrogens with zero attached hydrogens (tertiary/aromatic N) is 3. The minimum Gasteiger partial charge on any atom is -0.492 e. The summed E-state index contributed by atoms with van der Waals surface area (Å²) in [6.45, 7) is 1.45. The van der Waals surface area contributed by atoms with E-state index in [1.807, 2.05) is 19.0 Å². The van der Waals surface area contributed by atoms with E-state index in [0.29, 0.717) is 12.3 Å². The zero-order valence-corrected chi connectivity index (χ0v) is 11.6. The van der Waals surface area contributed by atoms with Crippen molar-refractivity contribution < 1.29 is 4.74 Å². The maximum Gasteiger partial charge on any atom is 0.201 e. The molecule has 1 rings (SSSR count). The van der Waals surface area contributed by atoms with Gasteiger partial charge in [0.15, 0.2) is 5.84 Å². The van der Waals surface area contributed by atoms with E-state index < -0.39 is 0 Å². The van der Waals surface area contributed by atoms with Gasteiger partial charge in [-0.1, -0.05) is 0 Å². The van der Waals surface area contributed by atoms with Gasteiger partial charge in [0.2, 0.25) is 5.71 Å². The molecule has 0 saturated heterocycles. The zero-order valence-electron chi connectivity index (χ0n) is 11.6. The van der Waals surface area contributed by atoms with Crippen LogP contribution in [0, 0.1) is 16.7 Å². The molecule has 0 aliphatic carbocycles. The van der Waals surface area contributed by atoms with Crippen LogP contribution in [0.1, 0.15) is 0 Å². The molecule has 7 heteroatoms. The Hall–Kier alpha value is -2.59. The van der Waals surface area contributed by atoms with Gasteiger partial charge in [0.1, 0.15) is 18.4 Å². The molecule has 0 saturated carbocycles. The maximum absolute atomic E-state index is 8.69. The molecule has 1 aromatic rings. The average molecular weight is 274 g/mol. The first-order valence-corrected chi connectivity index (χ1v) is 5.98. The van der Waals surface area contributed by atoms with E-state index in [1.165, 1.54) is 0 Å². The van der Waals surface area contributed by atoms with Crippen molar-refractivity contribution in [1.82, 2.24) is 4.90 Å². The van der Waals surface area contributed by atoms with Crippen LogP contribution >= 0.6 is 0 Å². The summed E-state index contributed by atoms with van der Waals surface area (Å²) in [5.41, 5.74) is 8.36. The second kappa shape index (κ2) is 7.76. The van der Waals surface area contributed by atoms with E-state index >= 15 is 0 Å². The number of hydrogen-bond donors (Lipinski definition) is 3. The first kappa shape index (κ1) is 15.5. The fourth-order valence-electron chi connectivity index (χ4n) is 1.24. The summed E-state index contributed by atoms with van der Waals surface area (Å²) >= 11 is 0. The molecule has 7 nitrogen and oxygen atoms in total. The summed E-state index contributed by atoms with van der Waals surface area (Å²) in [5.74, 6) is 0.386. The van der Waals surface area contributed by atoms with Crippen molar-refractivity contribution in [2.45, 2.75) is 0 Å². The van der Waals surface area contributed by atoms with Crippen molar-refractivity contribution in [2.24, 2.45) is 10.8 Å². The largest absolute Gasteiger partial charge is 0.492 e. The van der Waals surface area contributed by atoms with Gasteiger partial charge in [0.05, 0.1) is 5.69 Å². The van der Waals surface area contributed by atoms with Crippen LogP contribution in [-0.2, 0) is 0 Å². The molecule has 106 valence electrons. The summed E-state index contributed by atoms with van der Waals surface area (Å²) in [5, 5.41) is 19.6. The van der Waals surface area contributed by atoms with Gasteiger partial charge in [0.25, 0.3) is 0 Å². The molecule has 0 aliphatic heterocycles. The van der Waals surface area contributed by atoms with Crippen molar-refractivity contribution in [3.63, 3.8) is 0 Å². The van der Waals surface area contributed by atoms with E-state index in [4.69, 9.17) is 21.1 Å². The molecule has 1 aromatic carbocycles. The van der Waals surface area contributed by atoms with Crippen LogP contribution in [0.4, 0.5) is 5.69 Å². The molecule has 0 heterocycles. The molecule has 0 amide bonds. The Morgan fingerprint density at radius 1 is 1.45 bits per heavy atom. The number of rotatable bonds is 7. The third-order valence-electron chi connectivity index (χ3n) is 2.32. The van der Waals surface area contributed by atoms with Crippen molar-refractivity contribution in [2.75, 3.05) is 32.7 Å². The number of hydrogen-bond acceptors (Lipinski definition) is 6.